The van der Waals surface area contributed by atoms with E-state index in [1.54, 1.807) is 13.0 Å². The van der Waals surface area contributed by atoms with Crippen molar-refractivity contribution >= 4 is 5.97 Å². The molecule has 0 saturated carbocycles. The molecule has 0 radical (unpaired) electrons. The molecule has 0 aromatic rings. The molecule has 142 valence electrons. The van der Waals surface area contributed by atoms with Gasteiger partial charge in [-0.25, -0.2) is 0 Å². The molecular formula is C20H39NO3. The van der Waals surface area contributed by atoms with Crippen molar-refractivity contribution in [2.24, 2.45) is 5.73 Å². The Morgan fingerprint density at radius 2 is 1.54 bits per heavy atom. The first-order valence-electron chi connectivity index (χ1n) is 10.3. The third-order valence-corrected chi connectivity index (χ3v) is 4.12. The maximum Gasteiger partial charge on any atom is 0.325 e. The maximum absolute atomic E-state index is 11.5. The molecule has 4 nitrogen and oxygen atoms in total. The van der Waals surface area contributed by atoms with Crippen LogP contribution in [-0.2, 0) is 9.53 Å². The van der Waals surface area contributed by atoms with Crippen LogP contribution in [0.5, 0.6) is 0 Å². The molecule has 0 aromatic heterocycles. The van der Waals surface area contributed by atoms with Crippen LogP contribution >= 0.6 is 0 Å². The van der Waals surface area contributed by atoms with E-state index in [9.17, 15) is 9.90 Å². The number of unbranched alkanes of at least 4 members (excludes halogenated alkanes) is 11. The zero-order chi connectivity index (χ0) is 19.0. The lowest BCUT2D eigenvalue weighted by molar-refractivity contribution is -0.146. The van der Waals surface area contributed by atoms with Crippen LogP contribution in [0.4, 0.5) is 0 Å². The summed E-state index contributed by atoms with van der Waals surface area (Å²) in [7, 11) is 0. The number of aliphatic hydroxyl groups is 1. The Labute approximate surface area is 150 Å². The van der Waals surface area contributed by atoms with Gasteiger partial charge in [-0.2, -0.15) is 0 Å². The predicted octanol–water partition coefficient (Wildman–Crippen LogP) is 4.50. The van der Waals surface area contributed by atoms with Crippen LogP contribution in [0.25, 0.3) is 0 Å². The number of ether oxygens (including phenoxy) is 1. The van der Waals surface area contributed by atoms with Crippen LogP contribution < -0.4 is 5.73 Å². The average molecular weight is 343 g/mol. The lowest BCUT2D eigenvalue weighted by Crippen LogP contribution is -2.42. The van der Waals surface area contributed by atoms with E-state index < -0.39 is 18.1 Å². The van der Waals surface area contributed by atoms with Gasteiger partial charge in [-0.3, -0.25) is 4.79 Å². The van der Waals surface area contributed by atoms with Gasteiger partial charge >= 0.3 is 5.97 Å². The van der Waals surface area contributed by atoms with Crippen molar-refractivity contribution < 1.29 is 16.0 Å². The van der Waals surface area contributed by atoms with E-state index in [0.29, 0.717) is 0 Å². The Bertz CT molecular complexity index is 359. The summed E-state index contributed by atoms with van der Waals surface area (Å²) >= 11 is 0. The van der Waals surface area contributed by atoms with Crippen molar-refractivity contribution in [1.29, 1.82) is 0 Å². The van der Waals surface area contributed by atoms with Gasteiger partial charge in [0, 0.05) is 0 Å². The smallest absolute Gasteiger partial charge is 0.325 e. The third-order valence-electron chi connectivity index (χ3n) is 4.12. The van der Waals surface area contributed by atoms with Crippen molar-refractivity contribution in [3.8, 4) is 0 Å². The largest absolute Gasteiger partial charge is 0.465 e. The number of esters is 1. The number of hydrogen-bond donors (Lipinski definition) is 2. The second kappa shape index (κ2) is 17.0. The molecule has 0 aliphatic carbocycles. The van der Waals surface area contributed by atoms with E-state index >= 15 is 0 Å². The van der Waals surface area contributed by atoms with Crippen LogP contribution in [0.2, 0.25) is 0 Å². The van der Waals surface area contributed by atoms with Crippen molar-refractivity contribution in [3.05, 3.63) is 12.2 Å². The monoisotopic (exact) mass is 342 g/mol. The van der Waals surface area contributed by atoms with E-state index in [-0.39, 0.29) is 6.61 Å². The Hall–Kier alpha value is -0.870. The molecule has 0 amide bonds. The van der Waals surface area contributed by atoms with Gasteiger partial charge in [0.25, 0.3) is 0 Å². The molecule has 0 aliphatic heterocycles. The normalized spacial score (nSPS) is 15.9. The van der Waals surface area contributed by atoms with Gasteiger partial charge in [-0.1, -0.05) is 83.3 Å². The third kappa shape index (κ3) is 13.6. The number of nitrogens with two attached hydrogens (primary N) is 1. The van der Waals surface area contributed by atoms with Crippen molar-refractivity contribution in [2.75, 3.05) is 6.61 Å². The lowest BCUT2D eigenvalue weighted by atomic mass is 10.0. The van der Waals surface area contributed by atoms with E-state index in [1.165, 1.54) is 63.9 Å². The van der Waals surface area contributed by atoms with Gasteiger partial charge in [0.05, 0.1) is 14.1 Å². The Morgan fingerprint density at radius 1 is 1.04 bits per heavy atom. The molecule has 3 N–H and O–H groups in total. The van der Waals surface area contributed by atoms with E-state index in [2.05, 4.69) is 6.92 Å². The van der Waals surface area contributed by atoms with Crippen molar-refractivity contribution in [3.63, 3.8) is 0 Å². The summed E-state index contributed by atoms with van der Waals surface area (Å²) in [6.07, 6.45) is 15.9. The molecule has 0 heterocycles. The minimum Gasteiger partial charge on any atom is -0.465 e. The molecule has 0 aromatic carbocycles. The van der Waals surface area contributed by atoms with Crippen LogP contribution in [0.1, 0.15) is 92.3 Å². The number of rotatable bonds is 16. The summed E-state index contributed by atoms with van der Waals surface area (Å²) < 4.78 is 12.5. The number of hydrogen-bond acceptors (Lipinski definition) is 4. The Balaban J connectivity index is 3.63. The fourth-order valence-electron chi connectivity index (χ4n) is 2.59. The molecule has 2 atom stereocenters. The average Bonchev–Trinajstić information content (AvgIpc) is 2.58. The second-order valence-corrected chi connectivity index (χ2v) is 6.38. The Kier molecular flexibility index (Phi) is 15.0. The van der Waals surface area contributed by atoms with Gasteiger partial charge in [-0.15, -0.1) is 0 Å². The van der Waals surface area contributed by atoms with Gasteiger partial charge < -0.3 is 15.6 Å². The summed E-state index contributed by atoms with van der Waals surface area (Å²) in [5.41, 5.74) is 5.56. The quantitative estimate of drug-likeness (QED) is 0.246. The standard InChI is InChI=1S/C20H39NO3/c1-3-5-6-7-8-9-10-11-12-13-14-15-16-17-18(22)19(21)20(23)24-4-2/h16-19,22H,3-15,21H2,1-2H3/b17-16+/t18-,19-/m1/s1/i18D. The second-order valence-electron chi connectivity index (χ2n) is 6.38. The molecule has 0 spiro atoms. The summed E-state index contributed by atoms with van der Waals surface area (Å²) in [5, 5.41) is 9.91. The van der Waals surface area contributed by atoms with Gasteiger partial charge in [-0.05, 0) is 19.8 Å². The molecule has 0 unspecified atom stereocenters. The summed E-state index contributed by atoms with van der Waals surface area (Å²) in [4.78, 5) is 11.5. The van der Waals surface area contributed by atoms with Crippen LogP contribution in [0.3, 0.4) is 0 Å². The molecule has 4 heteroatoms. The van der Waals surface area contributed by atoms with Crippen LogP contribution in [-0.4, -0.2) is 29.8 Å². The highest BCUT2D eigenvalue weighted by Gasteiger charge is 2.21. The topological polar surface area (TPSA) is 72.5 Å². The van der Waals surface area contributed by atoms with Crippen LogP contribution in [0, 0.1) is 0 Å². The van der Waals surface area contributed by atoms with Crippen molar-refractivity contribution in [1.82, 2.24) is 0 Å². The molecule has 0 bridgehead atoms. The first-order valence-corrected chi connectivity index (χ1v) is 9.78. The highest BCUT2D eigenvalue weighted by molar-refractivity contribution is 5.76. The van der Waals surface area contributed by atoms with Gasteiger partial charge in [0.15, 0.2) is 0 Å². The lowest BCUT2D eigenvalue weighted by Gasteiger charge is -2.13. The Morgan fingerprint density at radius 3 is 2.04 bits per heavy atom. The van der Waals surface area contributed by atoms with Crippen LogP contribution in [0.15, 0.2) is 12.2 Å². The molecular weight excluding hydrogens is 302 g/mol. The first kappa shape index (κ1) is 21.2. The summed E-state index contributed by atoms with van der Waals surface area (Å²) in [6, 6.07) is -1.37. The van der Waals surface area contributed by atoms with Crippen molar-refractivity contribution in [2.45, 2.75) is 103 Å². The SMILES string of the molecule is [2H][C@@](O)(/C=C/CCCCCCCCCCCCC)[C@@H](N)C(=O)OCC. The predicted molar refractivity (Wildman–Crippen MR) is 101 cm³/mol. The van der Waals surface area contributed by atoms with Gasteiger partial charge in [0.1, 0.15) is 6.04 Å². The zero-order valence-corrected chi connectivity index (χ0v) is 15.8. The minimum atomic E-state index is -2.11. The fourth-order valence-corrected chi connectivity index (χ4v) is 2.59. The maximum atomic E-state index is 11.5. The minimum absolute atomic E-state index is 0.186. The molecule has 0 aliphatic rings. The summed E-state index contributed by atoms with van der Waals surface area (Å²) in [6.45, 7) is 4.09. The number of carbonyl (C=O) groups excluding carboxylic acids is 1. The highest BCUT2D eigenvalue weighted by atomic mass is 16.5. The molecule has 0 saturated heterocycles. The van der Waals surface area contributed by atoms with E-state index in [1.807, 2.05) is 0 Å². The first-order chi connectivity index (χ1) is 12.0. The molecule has 0 fully saturated rings. The fraction of sp³-hybridized carbons (Fsp3) is 0.850. The van der Waals surface area contributed by atoms with E-state index in [4.69, 9.17) is 11.8 Å². The highest BCUT2D eigenvalue weighted by Crippen LogP contribution is 2.12. The number of carbonyl (C=O) groups is 1. The molecule has 24 heavy (non-hydrogen) atoms. The number of allylic oxidation sites excluding steroid dienone is 1. The zero-order valence-electron chi connectivity index (χ0n) is 16.8. The summed E-state index contributed by atoms with van der Waals surface area (Å²) in [5.74, 6) is -0.751. The van der Waals surface area contributed by atoms with E-state index in [0.717, 1.165) is 19.3 Å². The van der Waals surface area contributed by atoms with Gasteiger partial charge in [0.2, 0.25) is 0 Å². The molecule has 0 rings (SSSR count).